The average Bonchev–Trinajstić information content (AvgIpc) is 2.78. The molecule has 3 rings (SSSR count). The number of alkyl halides is 1. The van der Waals surface area contributed by atoms with Crippen molar-refractivity contribution in [3.8, 4) is 5.69 Å². The van der Waals surface area contributed by atoms with Crippen LogP contribution in [0.5, 0.6) is 0 Å². The van der Waals surface area contributed by atoms with E-state index in [1.807, 2.05) is 10.6 Å². The number of rotatable bonds is 2. The molecule has 0 bridgehead atoms. The number of hydrogen-bond acceptors (Lipinski definition) is 2. The van der Waals surface area contributed by atoms with Crippen LogP contribution in [-0.4, -0.2) is 14.5 Å². The molecule has 2 heterocycles. The Labute approximate surface area is 127 Å². The first-order valence-corrected chi connectivity index (χ1v) is 7.18. The summed E-state index contributed by atoms with van der Waals surface area (Å²) in [5.74, 6) is 1.09. The number of imidazole rings is 1. The van der Waals surface area contributed by atoms with Crippen LogP contribution in [0.4, 0.5) is 0 Å². The number of pyridine rings is 1. The predicted molar refractivity (Wildman–Crippen MR) is 82.9 cm³/mol. The first-order chi connectivity index (χ1) is 9.60. The lowest BCUT2D eigenvalue weighted by Crippen LogP contribution is -2.02. The Bertz CT molecular complexity index is 793. The van der Waals surface area contributed by atoms with Crippen LogP contribution in [0.2, 0.25) is 5.02 Å². The molecule has 0 spiro atoms. The zero-order valence-corrected chi connectivity index (χ0v) is 12.7. The minimum absolute atomic E-state index is 0.321. The van der Waals surface area contributed by atoms with Crippen molar-refractivity contribution in [1.82, 2.24) is 14.5 Å². The molecule has 3 nitrogen and oxygen atoms in total. The summed E-state index contributed by atoms with van der Waals surface area (Å²) in [6, 6.07) is 8.09. The van der Waals surface area contributed by atoms with Crippen molar-refractivity contribution in [3.05, 3.63) is 52.4 Å². The van der Waals surface area contributed by atoms with Crippen LogP contribution in [0, 0.1) is 13.8 Å². The van der Waals surface area contributed by atoms with Gasteiger partial charge in [-0.3, -0.25) is 4.57 Å². The minimum Gasteiger partial charge on any atom is -0.279 e. The largest absolute Gasteiger partial charge is 0.279 e. The van der Waals surface area contributed by atoms with Gasteiger partial charge < -0.3 is 0 Å². The third kappa shape index (κ3) is 2.17. The molecule has 5 heteroatoms. The van der Waals surface area contributed by atoms with Crippen molar-refractivity contribution < 1.29 is 0 Å². The molecule has 0 aliphatic carbocycles. The van der Waals surface area contributed by atoms with Crippen molar-refractivity contribution >= 4 is 34.4 Å². The maximum absolute atomic E-state index is 6.04. The van der Waals surface area contributed by atoms with E-state index >= 15 is 0 Å². The molecule has 0 unspecified atom stereocenters. The maximum Gasteiger partial charge on any atom is 0.164 e. The van der Waals surface area contributed by atoms with E-state index in [4.69, 9.17) is 23.2 Å². The van der Waals surface area contributed by atoms with Gasteiger partial charge in [0.2, 0.25) is 0 Å². The molecule has 0 radical (unpaired) electrons. The maximum atomic E-state index is 6.04. The number of hydrogen-bond donors (Lipinski definition) is 0. The third-order valence-electron chi connectivity index (χ3n) is 3.26. The molecule has 0 saturated heterocycles. The van der Waals surface area contributed by atoms with Crippen LogP contribution in [0.1, 0.15) is 17.0 Å². The lowest BCUT2D eigenvalue weighted by Gasteiger charge is -2.11. The summed E-state index contributed by atoms with van der Waals surface area (Å²) in [7, 11) is 0. The second-order valence-corrected chi connectivity index (χ2v) is 5.49. The van der Waals surface area contributed by atoms with E-state index in [0.717, 1.165) is 28.2 Å². The van der Waals surface area contributed by atoms with Gasteiger partial charge in [-0.2, -0.15) is 0 Å². The van der Waals surface area contributed by atoms with Gasteiger partial charge in [-0.25, -0.2) is 9.97 Å². The summed E-state index contributed by atoms with van der Waals surface area (Å²) in [4.78, 5) is 8.93. The molecule has 2 aromatic heterocycles. The fourth-order valence-electron chi connectivity index (χ4n) is 2.29. The summed E-state index contributed by atoms with van der Waals surface area (Å²) in [5, 5.41) is 0.573. The van der Waals surface area contributed by atoms with Crippen molar-refractivity contribution in [2.24, 2.45) is 0 Å². The Hall–Kier alpha value is -1.58. The SMILES string of the molecule is Cc1ccc(C)c(-n2c(CCl)nc3cc(Cl)cnc32)c1. The Kier molecular flexibility index (Phi) is 3.40. The molecule has 102 valence electrons. The highest BCUT2D eigenvalue weighted by Crippen LogP contribution is 2.25. The Morgan fingerprint density at radius 1 is 1.20 bits per heavy atom. The molecule has 0 saturated carbocycles. The van der Waals surface area contributed by atoms with E-state index < -0.39 is 0 Å². The van der Waals surface area contributed by atoms with Crippen molar-refractivity contribution in [2.45, 2.75) is 19.7 Å². The van der Waals surface area contributed by atoms with Gasteiger partial charge in [0.25, 0.3) is 0 Å². The van der Waals surface area contributed by atoms with Crippen LogP contribution in [0.25, 0.3) is 16.9 Å². The third-order valence-corrected chi connectivity index (χ3v) is 3.70. The summed E-state index contributed by atoms with van der Waals surface area (Å²) in [6.07, 6.45) is 1.63. The highest BCUT2D eigenvalue weighted by molar-refractivity contribution is 6.31. The zero-order valence-electron chi connectivity index (χ0n) is 11.2. The Morgan fingerprint density at radius 3 is 2.75 bits per heavy atom. The van der Waals surface area contributed by atoms with Crippen LogP contribution in [0.3, 0.4) is 0 Å². The molecule has 20 heavy (non-hydrogen) atoms. The van der Waals surface area contributed by atoms with E-state index in [2.05, 4.69) is 42.0 Å². The standard InChI is InChI=1S/C15H13Cl2N3/c1-9-3-4-10(2)13(5-9)20-14(7-16)19-12-6-11(17)8-18-15(12)20/h3-6,8H,7H2,1-2H3. The summed E-state index contributed by atoms with van der Waals surface area (Å²) in [6.45, 7) is 4.13. The minimum atomic E-state index is 0.321. The number of nitrogens with zero attached hydrogens (tertiary/aromatic N) is 3. The van der Waals surface area contributed by atoms with E-state index in [0.29, 0.717) is 10.9 Å². The van der Waals surface area contributed by atoms with E-state index in [1.165, 1.54) is 5.56 Å². The van der Waals surface area contributed by atoms with Crippen LogP contribution < -0.4 is 0 Å². The van der Waals surface area contributed by atoms with Crippen LogP contribution in [0.15, 0.2) is 30.5 Å². The second-order valence-electron chi connectivity index (χ2n) is 4.78. The fourth-order valence-corrected chi connectivity index (χ4v) is 2.62. The highest BCUT2D eigenvalue weighted by Gasteiger charge is 2.14. The van der Waals surface area contributed by atoms with Crippen molar-refractivity contribution in [1.29, 1.82) is 0 Å². The van der Waals surface area contributed by atoms with E-state index in [1.54, 1.807) is 6.20 Å². The molecular formula is C15H13Cl2N3. The quantitative estimate of drug-likeness (QED) is 0.656. The number of aryl methyl sites for hydroxylation is 2. The van der Waals surface area contributed by atoms with Gasteiger partial charge in [-0.1, -0.05) is 23.7 Å². The van der Waals surface area contributed by atoms with Gasteiger partial charge in [0, 0.05) is 6.20 Å². The van der Waals surface area contributed by atoms with Crippen LogP contribution >= 0.6 is 23.2 Å². The van der Waals surface area contributed by atoms with Gasteiger partial charge in [0.1, 0.15) is 11.3 Å². The number of aromatic nitrogens is 3. The van der Waals surface area contributed by atoms with Crippen molar-refractivity contribution in [2.75, 3.05) is 0 Å². The fraction of sp³-hybridized carbons (Fsp3) is 0.200. The van der Waals surface area contributed by atoms with Gasteiger partial charge in [0.15, 0.2) is 5.65 Å². The molecule has 0 fully saturated rings. The molecule has 1 aromatic carbocycles. The molecule has 3 aromatic rings. The first-order valence-electron chi connectivity index (χ1n) is 6.26. The van der Waals surface area contributed by atoms with Gasteiger partial charge in [-0.15, -0.1) is 11.6 Å². The average molecular weight is 306 g/mol. The Balaban J connectivity index is 2.37. The van der Waals surface area contributed by atoms with E-state index in [9.17, 15) is 0 Å². The smallest absolute Gasteiger partial charge is 0.164 e. The molecule has 0 aliphatic heterocycles. The van der Waals surface area contributed by atoms with Gasteiger partial charge in [-0.05, 0) is 37.1 Å². The zero-order chi connectivity index (χ0) is 14.3. The highest BCUT2D eigenvalue weighted by atomic mass is 35.5. The molecular weight excluding hydrogens is 293 g/mol. The molecule has 0 atom stereocenters. The van der Waals surface area contributed by atoms with Gasteiger partial charge >= 0.3 is 0 Å². The molecule has 0 N–H and O–H groups in total. The number of fused-ring (bicyclic) bond motifs is 1. The molecule has 0 aliphatic rings. The van der Waals surface area contributed by atoms with Crippen LogP contribution in [-0.2, 0) is 5.88 Å². The lowest BCUT2D eigenvalue weighted by atomic mass is 10.1. The van der Waals surface area contributed by atoms with Crippen molar-refractivity contribution in [3.63, 3.8) is 0 Å². The van der Waals surface area contributed by atoms with E-state index in [-0.39, 0.29) is 0 Å². The van der Waals surface area contributed by atoms with Gasteiger partial charge in [0.05, 0.1) is 16.6 Å². The normalized spacial score (nSPS) is 11.2. The molecule has 0 amide bonds. The summed E-state index contributed by atoms with van der Waals surface area (Å²) < 4.78 is 2.00. The Morgan fingerprint density at radius 2 is 2.00 bits per heavy atom. The number of benzene rings is 1. The second kappa shape index (κ2) is 5.08. The summed E-state index contributed by atoms with van der Waals surface area (Å²) in [5.41, 5.74) is 4.92. The number of halogens is 2. The lowest BCUT2D eigenvalue weighted by molar-refractivity contribution is 0.958. The predicted octanol–water partition coefficient (Wildman–Crippen LogP) is 4.43. The topological polar surface area (TPSA) is 30.7 Å². The monoisotopic (exact) mass is 305 g/mol. The summed E-state index contributed by atoms with van der Waals surface area (Å²) >= 11 is 12.0. The first kappa shape index (κ1) is 13.4.